The third kappa shape index (κ3) is 2.52. The number of hydrogen-bond donors (Lipinski definition) is 0. The van der Waals surface area contributed by atoms with Gasteiger partial charge in [-0.3, -0.25) is 4.79 Å². The summed E-state index contributed by atoms with van der Waals surface area (Å²) in [6.45, 7) is 0.490. The van der Waals surface area contributed by atoms with E-state index in [1.54, 1.807) is 23.1 Å². The van der Waals surface area contributed by atoms with Crippen LogP contribution in [0, 0.1) is 0 Å². The fourth-order valence-corrected chi connectivity index (χ4v) is 2.66. The molecule has 1 aromatic rings. The van der Waals surface area contributed by atoms with Crippen molar-refractivity contribution in [3.63, 3.8) is 0 Å². The largest absolute Gasteiger partial charge is 0.465 e. The number of alkyl halides is 1. The molecule has 0 radical (unpaired) electrons. The van der Waals surface area contributed by atoms with Crippen molar-refractivity contribution in [2.75, 3.05) is 18.6 Å². The van der Waals surface area contributed by atoms with Crippen LogP contribution in [0.2, 0.25) is 0 Å². The lowest BCUT2D eigenvalue weighted by Gasteiger charge is -2.16. The first-order valence-electron chi connectivity index (χ1n) is 5.35. The van der Waals surface area contributed by atoms with Gasteiger partial charge in [0, 0.05) is 23.1 Å². The minimum atomic E-state index is -0.420. The van der Waals surface area contributed by atoms with Crippen molar-refractivity contribution in [2.45, 2.75) is 11.8 Å². The molecule has 0 spiro atoms. The van der Waals surface area contributed by atoms with Gasteiger partial charge in [0.1, 0.15) is 0 Å². The van der Waals surface area contributed by atoms with Crippen molar-refractivity contribution in [3.8, 4) is 0 Å². The zero-order chi connectivity index (χ0) is 13.3. The van der Waals surface area contributed by atoms with E-state index in [0.29, 0.717) is 23.0 Å². The average molecular weight is 333 g/mol. The Hall–Kier alpha value is -1.07. The van der Waals surface area contributed by atoms with E-state index in [9.17, 15) is 9.59 Å². The number of esters is 1. The summed E-state index contributed by atoms with van der Waals surface area (Å²) < 4.78 is 5.25. The Kier molecular flexibility index (Phi) is 3.92. The molecule has 18 heavy (non-hydrogen) atoms. The van der Waals surface area contributed by atoms with Gasteiger partial charge in [-0.1, -0.05) is 0 Å². The van der Waals surface area contributed by atoms with E-state index in [0.717, 1.165) is 5.69 Å². The number of amides is 1. The second-order valence-corrected chi connectivity index (χ2v) is 5.43. The molecule has 4 nitrogen and oxygen atoms in total. The van der Waals surface area contributed by atoms with Crippen LogP contribution in [0.25, 0.3) is 0 Å². The van der Waals surface area contributed by atoms with E-state index in [4.69, 9.17) is 11.6 Å². The molecule has 96 valence electrons. The lowest BCUT2D eigenvalue weighted by molar-refractivity contribution is -0.117. The van der Waals surface area contributed by atoms with Gasteiger partial charge in [-0.15, -0.1) is 11.6 Å². The molecule has 0 aliphatic carbocycles. The second-order valence-electron chi connectivity index (χ2n) is 3.96. The fourth-order valence-electron chi connectivity index (χ4n) is 1.86. The summed E-state index contributed by atoms with van der Waals surface area (Å²) in [5.74, 6) is -0.427. The summed E-state index contributed by atoms with van der Waals surface area (Å²) in [5, 5.41) is -0.156. The normalized spacial score (nSPS) is 19.2. The van der Waals surface area contributed by atoms with E-state index >= 15 is 0 Å². The maximum absolute atomic E-state index is 11.7. The number of benzene rings is 1. The predicted molar refractivity (Wildman–Crippen MR) is 72.1 cm³/mol. The number of anilines is 1. The van der Waals surface area contributed by atoms with Gasteiger partial charge in [-0.2, -0.15) is 0 Å². The highest BCUT2D eigenvalue weighted by Gasteiger charge is 2.29. The van der Waals surface area contributed by atoms with E-state index in [1.807, 2.05) is 0 Å². The zero-order valence-electron chi connectivity index (χ0n) is 9.65. The smallest absolute Gasteiger partial charge is 0.339 e. The van der Waals surface area contributed by atoms with Gasteiger partial charge in [0.15, 0.2) is 0 Å². The second kappa shape index (κ2) is 5.28. The molecular formula is C12H11BrClNO3. The average Bonchev–Trinajstić information content (AvgIpc) is 2.67. The van der Waals surface area contributed by atoms with Crippen LogP contribution in [-0.4, -0.2) is 30.9 Å². The maximum Gasteiger partial charge on any atom is 0.339 e. The molecule has 1 aromatic carbocycles. The Morgan fingerprint density at radius 2 is 2.28 bits per heavy atom. The Bertz CT molecular complexity index is 506. The number of nitrogens with zero attached hydrogens (tertiary/aromatic N) is 1. The van der Waals surface area contributed by atoms with Crippen molar-refractivity contribution < 1.29 is 14.3 Å². The van der Waals surface area contributed by atoms with Crippen LogP contribution < -0.4 is 4.90 Å². The number of carbonyl (C=O) groups excluding carboxylic acids is 2. The number of ether oxygens (including phenoxy) is 1. The lowest BCUT2D eigenvalue weighted by atomic mass is 10.2. The van der Waals surface area contributed by atoms with Crippen LogP contribution in [0.4, 0.5) is 5.69 Å². The molecule has 0 N–H and O–H groups in total. The molecule has 1 fully saturated rings. The Morgan fingerprint density at radius 3 is 2.78 bits per heavy atom. The molecule has 1 aliphatic rings. The zero-order valence-corrected chi connectivity index (χ0v) is 12.0. The number of hydrogen-bond acceptors (Lipinski definition) is 3. The van der Waals surface area contributed by atoms with Crippen LogP contribution in [0.1, 0.15) is 16.8 Å². The predicted octanol–water partition coefficient (Wildman–Crippen LogP) is 2.58. The summed E-state index contributed by atoms with van der Waals surface area (Å²) in [6.07, 6.45) is 0.345. The molecule has 0 saturated carbocycles. The molecule has 1 unspecified atom stereocenters. The van der Waals surface area contributed by atoms with Gasteiger partial charge in [-0.05, 0) is 34.1 Å². The molecular weight excluding hydrogens is 321 g/mol. The van der Waals surface area contributed by atoms with Gasteiger partial charge in [0.25, 0.3) is 0 Å². The SMILES string of the molecule is COC(=O)c1ccc(N2CC(Cl)CC2=O)cc1Br. The molecule has 1 heterocycles. The molecule has 6 heteroatoms. The number of methoxy groups -OCH3 is 1. The number of rotatable bonds is 2. The number of halogens is 2. The van der Waals surface area contributed by atoms with Crippen LogP contribution in [0.5, 0.6) is 0 Å². The summed E-state index contributed by atoms with van der Waals surface area (Å²) in [6, 6.07) is 5.06. The Labute approximate surface area is 118 Å². The summed E-state index contributed by atoms with van der Waals surface area (Å²) in [7, 11) is 1.32. The molecule has 1 saturated heterocycles. The first-order valence-corrected chi connectivity index (χ1v) is 6.58. The third-order valence-corrected chi connectivity index (χ3v) is 3.70. The van der Waals surface area contributed by atoms with Crippen molar-refractivity contribution >= 4 is 45.1 Å². The van der Waals surface area contributed by atoms with Crippen molar-refractivity contribution in [1.29, 1.82) is 0 Å². The van der Waals surface area contributed by atoms with Crippen LogP contribution in [-0.2, 0) is 9.53 Å². The molecule has 0 bridgehead atoms. The topological polar surface area (TPSA) is 46.6 Å². The molecule has 1 aliphatic heterocycles. The Balaban J connectivity index is 2.29. The first-order chi connectivity index (χ1) is 8.52. The molecule has 0 aromatic heterocycles. The quantitative estimate of drug-likeness (QED) is 0.618. The van der Waals surface area contributed by atoms with Gasteiger partial charge >= 0.3 is 5.97 Å². The third-order valence-electron chi connectivity index (χ3n) is 2.75. The van der Waals surface area contributed by atoms with E-state index in [-0.39, 0.29) is 11.3 Å². The maximum atomic E-state index is 11.7. The van der Waals surface area contributed by atoms with Crippen molar-refractivity contribution in [3.05, 3.63) is 28.2 Å². The highest BCUT2D eigenvalue weighted by atomic mass is 79.9. The fraction of sp³-hybridized carbons (Fsp3) is 0.333. The first kappa shape index (κ1) is 13.4. The van der Waals surface area contributed by atoms with Gasteiger partial charge in [0.05, 0.1) is 18.1 Å². The van der Waals surface area contributed by atoms with E-state index in [2.05, 4.69) is 20.7 Å². The minimum absolute atomic E-state index is 0.00674. The van der Waals surface area contributed by atoms with E-state index in [1.165, 1.54) is 7.11 Å². The van der Waals surface area contributed by atoms with Crippen LogP contribution in [0.15, 0.2) is 22.7 Å². The highest BCUT2D eigenvalue weighted by Crippen LogP contribution is 2.29. The van der Waals surface area contributed by atoms with E-state index < -0.39 is 5.97 Å². The minimum Gasteiger partial charge on any atom is -0.465 e. The molecule has 1 atom stereocenters. The van der Waals surface area contributed by atoms with Gasteiger partial charge in [-0.25, -0.2) is 4.79 Å². The monoisotopic (exact) mass is 331 g/mol. The van der Waals surface area contributed by atoms with Crippen molar-refractivity contribution in [1.82, 2.24) is 0 Å². The van der Waals surface area contributed by atoms with Crippen LogP contribution in [0.3, 0.4) is 0 Å². The summed E-state index contributed by atoms with van der Waals surface area (Å²) in [5.41, 5.74) is 1.15. The number of carbonyl (C=O) groups is 2. The lowest BCUT2D eigenvalue weighted by Crippen LogP contribution is -2.24. The summed E-state index contributed by atoms with van der Waals surface area (Å²) in [4.78, 5) is 24.7. The highest BCUT2D eigenvalue weighted by molar-refractivity contribution is 9.10. The standard InChI is InChI=1S/C12H11BrClNO3/c1-18-12(17)9-3-2-8(5-10(9)13)15-6-7(14)4-11(15)16/h2-3,5,7H,4,6H2,1H3. The van der Waals surface area contributed by atoms with Crippen LogP contribution >= 0.6 is 27.5 Å². The van der Waals surface area contributed by atoms with Gasteiger partial charge < -0.3 is 9.64 Å². The van der Waals surface area contributed by atoms with Crippen molar-refractivity contribution in [2.24, 2.45) is 0 Å². The van der Waals surface area contributed by atoms with Gasteiger partial charge in [0.2, 0.25) is 5.91 Å². The Morgan fingerprint density at radius 1 is 1.56 bits per heavy atom. The summed E-state index contributed by atoms with van der Waals surface area (Å²) >= 11 is 9.25. The molecule has 2 rings (SSSR count). The molecule has 1 amide bonds.